The molecule has 0 N–H and O–H groups in total. The van der Waals surface area contributed by atoms with E-state index in [0.29, 0.717) is 0 Å². The van der Waals surface area contributed by atoms with Crippen LogP contribution in [0.15, 0.2) is 17.0 Å². The van der Waals surface area contributed by atoms with Crippen molar-refractivity contribution in [3.05, 3.63) is 25.7 Å². The third kappa shape index (κ3) is 3.83. The van der Waals surface area contributed by atoms with Crippen molar-refractivity contribution in [1.29, 1.82) is 0 Å². The van der Waals surface area contributed by atoms with Crippen LogP contribution in [0, 0.1) is 3.57 Å². The maximum absolute atomic E-state index is 10.7. The van der Waals surface area contributed by atoms with Gasteiger partial charge >= 0.3 is 51.4 Å². The molecule has 14 heavy (non-hydrogen) atoms. The van der Waals surface area contributed by atoms with Gasteiger partial charge < -0.3 is 4.55 Å². The van der Waals surface area contributed by atoms with E-state index >= 15 is 0 Å². The van der Waals surface area contributed by atoms with Crippen LogP contribution in [0.5, 0.6) is 0 Å². The van der Waals surface area contributed by atoms with Crippen molar-refractivity contribution in [3.8, 4) is 0 Å². The Kier molecular flexibility index (Phi) is 7.04. The quantitative estimate of drug-likeness (QED) is 0.281. The molecular weight excluding hydrogens is 389 g/mol. The molecule has 0 aliphatic carbocycles. The summed E-state index contributed by atoms with van der Waals surface area (Å²) in [6.07, 6.45) is 0. The maximum atomic E-state index is 10.7. The number of rotatable bonds is 1. The van der Waals surface area contributed by atoms with Crippen LogP contribution in [0.1, 0.15) is 0 Å². The Hall–Kier alpha value is 2.08. The van der Waals surface area contributed by atoms with Gasteiger partial charge in [-0.3, -0.25) is 0 Å². The largest absolute Gasteiger partial charge is 1.00 e. The van der Waals surface area contributed by atoms with E-state index in [4.69, 9.17) is 23.2 Å². The summed E-state index contributed by atoms with van der Waals surface area (Å²) in [4.78, 5) is -0.345. The van der Waals surface area contributed by atoms with Crippen LogP contribution in [-0.2, 0) is 10.1 Å². The minimum absolute atomic E-state index is 0. The normalized spacial score (nSPS) is 10.9. The SMILES string of the molecule is O=S(=O)([O-])c1ccc(Cl)c(Cl)c1I.[K+]. The molecule has 0 bridgehead atoms. The summed E-state index contributed by atoms with van der Waals surface area (Å²) >= 11 is 12.9. The molecule has 0 saturated carbocycles. The molecule has 1 aromatic rings. The predicted octanol–water partition coefficient (Wildman–Crippen LogP) is -0.494. The zero-order valence-electron chi connectivity index (χ0n) is 6.92. The van der Waals surface area contributed by atoms with E-state index in [1.807, 2.05) is 0 Å². The van der Waals surface area contributed by atoms with E-state index < -0.39 is 10.1 Å². The third-order valence-corrected chi connectivity index (χ3v) is 4.76. The van der Waals surface area contributed by atoms with Crippen LogP contribution in [0.25, 0.3) is 0 Å². The van der Waals surface area contributed by atoms with Crippen molar-refractivity contribution >= 4 is 55.9 Å². The van der Waals surface area contributed by atoms with Crippen LogP contribution >= 0.6 is 45.8 Å². The van der Waals surface area contributed by atoms with Gasteiger partial charge in [-0.05, 0) is 34.7 Å². The minimum Gasteiger partial charge on any atom is -0.744 e. The first-order chi connectivity index (χ1) is 5.84. The summed E-state index contributed by atoms with van der Waals surface area (Å²) in [5.74, 6) is 0. The summed E-state index contributed by atoms with van der Waals surface area (Å²) in [5.41, 5.74) is 0. The Morgan fingerprint density at radius 3 is 2.21 bits per heavy atom. The second-order valence-electron chi connectivity index (χ2n) is 2.13. The van der Waals surface area contributed by atoms with E-state index in [2.05, 4.69) is 0 Å². The Bertz CT molecular complexity index is 449. The molecule has 0 aliphatic heterocycles. The fourth-order valence-electron chi connectivity index (χ4n) is 0.701. The molecule has 72 valence electrons. The fourth-order valence-corrected chi connectivity index (χ4v) is 3.07. The molecule has 0 radical (unpaired) electrons. The van der Waals surface area contributed by atoms with Crippen molar-refractivity contribution in [2.75, 3.05) is 0 Å². The number of halogens is 3. The summed E-state index contributed by atoms with van der Waals surface area (Å²) in [7, 11) is -4.47. The average Bonchev–Trinajstić information content (AvgIpc) is 1.98. The van der Waals surface area contributed by atoms with E-state index in [9.17, 15) is 13.0 Å². The van der Waals surface area contributed by atoms with Gasteiger partial charge in [-0.1, -0.05) is 23.2 Å². The van der Waals surface area contributed by atoms with Gasteiger partial charge in [0.2, 0.25) is 0 Å². The van der Waals surface area contributed by atoms with Gasteiger partial charge in [0.05, 0.1) is 18.5 Å². The van der Waals surface area contributed by atoms with Gasteiger partial charge in [-0.15, -0.1) is 0 Å². The maximum Gasteiger partial charge on any atom is 1.00 e. The summed E-state index contributed by atoms with van der Waals surface area (Å²) in [6.45, 7) is 0. The van der Waals surface area contributed by atoms with Crippen LogP contribution in [0.3, 0.4) is 0 Å². The molecule has 0 aromatic heterocycles. The van der Waals surface area contributed by atoms with Gasteiger partial charge in [0.1, 0.15) is 10.1 Å². The number of hydrogen-bond donors (Lipinski definition) is 0. The van der Waals surface area contributed by atoms with Crippen molar-refractivity contribution in [1.82, 2.24) is 0 Å². The first-order valence-electron chi connectivity index (χ1n) is 2.93. The Morgan fingerprint density at radius 1 is 1.29 bits per heavy atom. The van der Waals surface area contributed by atoms with Crippen LogP contribution < -0.4 is 51.4 Å². The van der Waals surface area contributed by atoms with Gasteiger partial charge in [0.15, 0.2) is 0 Å². The van der Waals surface area contributed by atoms with Gasteiger partial charge in [-0.2, -0.15) is 0 Å². The standard InChI is InChI=1S/C6H3Cl2IO3S.K/c7-3-1-2-4(13(10,11)12)6(9)5(3)8;/h1-2H,(H,10,11,12);/q;+1/p-1. The number of hydrogen-bond acceptors (Lipinski definition) is 3. The third-order valence-electron chi connectivity index (χ3n) is 1.27. The second kappa shape index (κ2) is 6.13. The average molecular weight is 391 g/mol. The van der Waals surface area contributed by atoms with Crippen LogP contribution in [0.4, 0.5) is 0 Å². The summed E-state index contributed by atoms with van der Waals surface area (Å²) < 4.78 is 32.1. The Morgan fingerprint density at radius 2 is 1.79 bits per heavy atom. The van der Waals surface area contributed by atoms with Crippen LogP contribution in [0.2, 0.25) is 10.0 Å². The van der Waals surface area contributed by atoms with Gasteiger partial charge in [-0.25, -0.2) is 8.42 Å². The molecule has 0 spiro atoms. The monoisotopic (exact) mass is 390 g/mol. The van der Waals surface area contributed by atoms with Gasteiger partial charge in [0, 0.05) is 0 Å². The first-order valence-corrected chi connectivity index (χ1v) is 6.17. The van der Waals surface area contributed by atoms with Crippen LogP contribution in [-0.4, -0.2) is 13.0 Å². The zero-order chi connectivity index (χ0) is 10.2. The molecule has 0 atom stereocenters. The van der Waals surface area contributed by atoms with Crippen molar-refractivity contribution in [3.63, 3.8) is 0 Å². The van der Waals surface area contributed by atoms with E-state index in [1.165, 1.54) is 6.07 Å². The molecule has 3 nitrogen and oxygen atoms in total. The zero-order valence-corrected chi connectivity index (χ0v) is 14.5. The van der Waals surface area contributed by atoms with E-state index in [-0.39, 0.29) is 69.9 Å². The molecule has 0 aliphatic rings. The number of benzene rings is 1. The summed E-state index contributed by atoms with van der Waals surface area (Å²) in [6, 6.07) is 2.41. The molecule has 0 unspecified atom stereocenters. The first kappa shape index (κ1) is 16.1. The molecule has 0 fully saturated rings. The molecule has 8 heteroatoms. The van der Waals surface area contributed by atoms with E-state index in [0.717, 1.165) is 6.07 Å². The second-order valence-corrected chi connectivity index (χ2v) is 5.34. The molecule has 0 saturated heterocycles. The Balaban J connectivity index is 0.00000169. The topological polar surface area (TPSA) is 57.2 Å². The van der Waals surface area contributed by atoms with E-state index in [1.54, 1.807) is 22.6 Å². The molecule has 1 rings (SSSR count). The molecule has 0 amide bonds. The fraction of sp³-hybridized carbons (Fsp3) is 0. The summed E-state index contributed by atoms with van der Waals surface area (Å²) in [5, 5.41) is 0.303. The molecule has 0 heterocycles. The van der Waals surface area contributed by atoms with Crippen molar-refractivity contribution in [2.24, 2.45) is 0 Å². The van der Waals surface area contributed by atoms with Gasteiger partial charge in [0.25, 0.3) is 0 Å². The smallest absolute Gasteiger partial charge is 0.744 e. The predicted molar refractivity (Wildman–Crippen MR) is 57.1 cm³/mol. The molecular formula is C6H2Cl2IKO3S. The minimum atomic E-state index is -4.47. The molecule has 1 aromatic carbocycles. The van der Waals surface area contributed by atoms with Crippen molar-refractivity contribution < 1.29 is 64.4 Å². The van der Waals surface area contributed by atoms with Crippen molar-refractivity contribution in [2.45, 2.75) is 4.90 Å². The Labute approximate surface area is 148 Å².